The molecule has 1 N–H and O–H groups in total. The van der Waals surface area contributed by atoms with Gasteiger partial charge in [-0.25, -0.2) is 0 Å². The van der Waals surface area contributed by atoms with E-state index in [0.29, 0.717) is 11.8 Å². The Bertz CT molecular complexity index is 430. The van der Waals surface area contributed by atoms with Crippen molar-refractivity contribution >= 4 is 29.3 Å². The van der Waals surface area contributed by atoms with E-state index in [1.165, 1.54) is 31.2 Å². The first kappa shape index (κ1) is 15.7. The van der Waals surface area contributed by atoms with E-state index in [0.717, 1.165) is 23.6 Å². The molecule has 0 aliphatic heterocycles. The van der Waals surface area contributed by atoms with E-state index >= 15 is 0 Å². The van der Waals surface area contributed by atoms with Crippen LogP contribution in [0, 0.1) is 0 Å². The van der Waals surface area contributed by atoms with Crippen LogP contribution in [0.2, 0.25) is 5.02 Å². The van der Waals surface area contributed by atoms with Crippen molar-refractivity contribution < 1.29 is 4.79 Å². The van der Waals surface area contributed by atoms with Gasteiger partial charge in [-0.1, -0.05) is 49.4 Å². The number of hydrogen-bond acceptors (Lipinski definition) is 2. The molecule has 110 valence electrons. The lowest BCUT2D eigenvalue weighted by molar-refractivity contribution is -0.119. The lowest BCUT2D eigenvalue weighted by atomic mass is 10.1. The topological polar surface area (TPSA) is 29.1 Å². The number of thioether (sulfide) groups is 1. The fraction of sp³-hybridized carbons (Fsp3) is 0.562. The summed E-state index contributed by atoms with van der Waals surface area (Å²) in [5.74, 6) is 1.53. The second-order valence-electron chi connectivity index (χ2n) is 5.38. The monoisotopic (exact) mass is 311 g/mol. The van der Waals surface area contributed by atoms with E-state index in [2.05, 4.69) is 5.32 Å². The van der Waals surface area contributed by atoms with Crippen molar-refractivity contribution in [2.75, 3.05) is 5.75 Å². The standard InChI is InChI=1S/C16H22ClNOS/c17-14-7-5-6-13(10-14)11-20-12-16(19)18-15-8-3-1-2-4-9-15/h5-7,10,15H,1-4,8-9,11-12H2,(H,18,19). The predicted octanol–water partition coefficient (Wildman–Crippen LogP) is 4.41. The van der Waals surface area contributed by atoms with Gasteiger partial charge in [-0.3, -0.25) is 4.79 Å². The van der Waals surface area contributed by atoms with Crippen molar-refractivity contribution in [3.63, 3.8) is 0 Å². The average Bonchev–Trinajstić information content (AvgIpc) is 2.67. The lowest BCUT2D eigenvalue weighted by Gasteiger charge is -2.15. The maximum absolute atomic E-state index is 11.9. The zero-order chi connectivity index (χ0) is 14.2. The van der Waals surface area contributed by atoms with Gasteiger partial charge >= 0.3 is 0 Å². The highest BCUT2D eigenvalue weighted by Gasteiger charge is 2.14. The van der Waals surface area contributed by atoms with Gasteiger partial charge in [0.1, 0.15) is 0 Å². The largest absolute Gasteiger partial charge is 0.353 e. The first-order valence-electron chi connectivity index (χ1n) is 7.35. The van der Waals surface area contributed by atoms with E-state index in [4.69, 9.17) is 11.6 Å². The van der Waals surface area contributed by atoms with Crippen LogP contribution in [-0.2, 0) is 10.5 Å². The van der Waals surface area contributed by atoms with Gasteiger partial charge in [0.25, 0.3) is 0 Å². The Kier molecular flexibility index (Phi) is 6.74. The number of nitrogens with one attached hydrogen (secondary N) is 1. The second kappa shape index (κ2) is 8.58. The highest BCUT2D eigenvalue weighted by molar-refractivity contribution is 7.99. The van der Waals surface area contributed by atoms with E-state index in [1.807, 2.05) is 24.3 Å². The third-order valence-corrected chi connectivity index (χ3v) is 4.85. The van der Waals surface area contributed by atoms with Crippen LogP contribution in [0.5, 0.6) is 0 Å². The van der Waals surface area contributed by atoms with Crippen molar-refractivity contribution in [2.24, 2.45) is 0 Å². The molecule has 1 amide bonds. The Balaban J connectivity index is 1.67. The van der Waals surface area contributed by atoms with Gasteiger partial charge in [0.2, 0.25) is 5.91 Å². The molecular weight excluding hydrogens is 290 g/mol. The molecule has 1 saturated carbocycles. The molecule has 0 saturated heterocycles. The molecule has 0 radical (unpaired) electrons. The van der Waals surface area contributed by atoms with Crippen molar-refractivity contribution in [3.05, 3.63) is 34.9 Å². The zero-order valence-electron chi connectivity index (χ0n) is 11.7. The van der Waals surface area contributed by atoms with E-state index < -0.39 is 0 Å². The molecule has 0 unspecified atom stereocenters. The number of amides is 1. The number of hydrogen-bond donors (Lipinski definition) is 1. The number of rotatable bonds is 5. The highest BCUT2D eigenvalue weighted by atomic mass is 35.5. The minimum absolute atomic E-state index is 0.170. The maximum Gasteiger partial charge on any atom is 0.230 e. The Hall–Kier alpha value is -0.670. The first-order chi connectivity index (χ1) is 9.74. The minimum atomic E-state index is 0.170. The van der Waals surface area contributed by atoms with Crippen molar-refractivity contribution in [3.8, 4) is 0 Å². The molecule has 4 heteroatoms. The zero-order valence-corrected chi connectivity index (χ0v) is 13.3. The summed E-state index contributed by atoms with van der Waals surface area (Å²) in [6.07, 6.45) is 7.42. The van der Waals surface area contributed by atoms with Crippen LogP contribution in [0.15, 0.2) is 24.3 Å². The molecule has 2 nitrogen and oxygen atoms in total. The number of carbonyl (C=O) groups excluding carboxylic acids is 1. The minimum Gasteiger partial charge on any atom is -0.353 e. The van der Waals surface area contributed by atoms with Crippen molar-refractivity contribution in [1.82, 2.24) is 5.32 Å². The van der Waals surface area contributed by atoms with Crippen LogP contribution in [0.3, 0.4) is 0 Å². The summed E-state index contributed by atoms with van der Waals surface area (Å²) in [6, 6.07) is 8.22. The fourth-order valence-corrected chi connectivity index (χ4v) is 3.58. The first-order valence-corrected chi connectivity index (χ1v) is 8.89. The molecule has 0 heterocycles. The normalized spacial score (nSPS) is 16.6. The Morgan fingerprint density at radius 1 is 1.25 bits per heavy atom. The summed E-state index contributed by atoms with van der Waals surface area (Å²) < 4.78 is 0. The van der Waals surface area contributed by atoms with Gasteiger partial charge in [-0.2, -0.15) is 0 Å². The molecule has 1 aliphatic carbocycles. The van der Waals surface area contributed by atoms with Crippen molar-refractivity contribution in [2.45, 2.75) is 50.3 Å². The van der Waals surface area contributed by atoms with Gasteiger partial charge in [0, 0.05) is 16.8 Å². The number of carbonyl (C=O) groups is 1. The second-order valence-corrected chi connectivity index (χ2v) is 6.80. The van der Waals surface area contributed by atoms with Gasteiger partial charge in [-0.05, 0) is 30.5 Å². The third kappa shape index (κ3) is 5.76. The lowest BCUT2D eigenvalue weighted by Crippen LogP contribution is -2.35. The molecule has 0 atom stereocenters. The Labute approximate surface area is 130 Å². The molecule has 1 fully saturated rings. The number of benzene rings is 1. The predicted molar refractivity (Wildman–Crippen MR) is 87.2 cm³/mol. The third-order valence-electron chi connectivity index (χ3n) is 3.61. The summed E-state index contributed by atoms with van der Waals surface area (Å²) in [5.41, 5.74) is 1.17. The summed E-state index contributed by atoms with van der Waals surface area (Å²) >= 11 is 7.59. The van der Waals surface area contributed by atoms with Gasteiger partial charge in [-0.15, -0.1) is 11.8 Å². The Morgan fingerprint density at radius 3 is 2.70 bits per heavy atom. The van der Waals surface area contributed by atoms with Crippen LogP contribution in [0.1, 0.15) is 44.1 Å². The van der Waals surface area contributed by atoms with Gasteiger partial charge < -0.3 is 5.32 Å². The highest BCUT2D eigenvalue weighted by Crippen LogP contribution is 2.18. The molecule has 20 heavy (non-hydrogen) atoms. The van der Waals surface area contributed by atoms with Gasteiger partial charge in [0.15, 0.2) is 0 Å². The fourth-order valence-electron chi connectivity index (χ4n) is 2.58. The molecule has 0 spiro atoms. The van der Waals surface area contributed by atoms with Crippen LogP contribution in [0.25, 0.3) is 0 Å². The van der Waals surface area contributed by atoms with Crippen LogP contribution in [-0.4, -0.2) is 17.7 Å². The quantitative estimate of drug-likeness (QED) is 0.816. The van der Waals surface area contributed by atoms with Crippen LogP contribution >= 0.6 is 23.4 Å². The average molecular weight is 312 g/mol. The molecule has 1 aliphatic rings. The van der Waals surface area contributed by atoms with Gasteiger partial charge in [0.05, 0.1) is 5.75 Å². The molecule has 2 rings (SSSR count). The van der Waals surface area contributed by atoms with Crippen LogP contribution in [0.4, 0.5) is 0 Å². The smallest absolute Gasteiger partial charge is 0.230 e. The molecular formula is C16H22ClNOS. The molecule has 0 aromatic heterocycles. The Morgan fingerprint density at radius 2 is 2.00 bits per heavy atom. The molecule has 1 aromatic rings. The SMILES string of the molecule is O=C(CSCc1cccc(Cl)c1)NC1CCCCCC1. The summed E-state index contributed by atoms with van der Waals surface area (Å²) in [5, 5.41) is 3.93. The van der Waals surface area contributed by atoms with Crippen molar-refractivity contribution in [1.29, 1.82) is 0 Å². The summed E-state index contributed by atoms with van der Waals surface area (Å²) in [4.78, 5) is 11.9. The number of halogens is 1. The van der Waals surface area contributed by atoms with E-state index in [9.17, 15) is 4.79 Å². The maximum atomic E-state index is 11.9. The summed E-state index contributed by atoms with van der Waals surface area (Å²) in [6.45, 7) is 0. The molecule has 1 aromatic carbocycles. The molecule has 0 bridgehead atoms. The summed E-state index contributed by atoms with van der Waals surface area (Å²) in [7, 11) is 0. The van der Waals surface area contributed by atoms with E-state index in [-0.39, 0.29) is 5.91 Å². The van der Waals surface area contributed by atoms with E-state index in [1.54, 1.807) is 11.8 Å². The van der Waals surface area contributed by atoms with Crippen LogP contribution < -0.4 is 5.32 Å².